The van der Waals surface area contributed by atoms with Crippen LogP contribution in [0.25, 0.3) is 11.1 Å². The van der Waals surface area contributed by atoms with E-state index in [-0.39, 0.29) is 6.10 Å². The Balaban J connectivity index is 1.77. The summed E-state index contributed by atoms with van der Waals surface area (Å²) in [6.45, 7) is 2.17. The topological polar surface area (TPSA) is 21.3 Å². The molecule has 0 spiro atoms. The van der Waals surface area contributed by atoms with Gasteiger partial charge in [-0.3, -0.25) is 0 Å². The maximum atomic E-state index is 6.21. The number of rotatable bonds is 3. The molecule has 2 aromatic carbocycles. The van der Waals surface area contributed by atoms with E-state index in [9.17, 15) is 0 Å². The number of para-hydroxylation sites is 1. The zero-order valence-electron chi connectivity index (χ0n) is 12.4. The molecule has 2 unspecified atom stereocenters. The molecule has 0 amide bonds. The SMILES string of the molecule is CC1CC(NC2CC2)c2cccc(-c3ccccc3)c2O1. The van der Waals surface area contributed by atoms with Crippen molar-refractivity contribution in [3.05, 3.63) is 54.1 Å². The van der Waals surface area contributed by atoms with Crippen molar-refractivity contribution in [2.24, 2.45) is 0 Å². The van der Waals surface area contributed by atoms with Crippen LogP contribution in [0, 0.1) is 0 Å². The lowest BCUT2D eigenvalue weighted by molar-refractivity contribution is 0.167. The van der Waals surface area contributed by atoms with Gasteiger partial charge in [0.25, 0.3) is 0 Å². The van der Waals surface area contributed by atoms with E-state index in [1.165, 1.54) is 29.5 Å². The Labute approximate surface area is 126 Å². The fourth-order valence-corrected chi connectivity index (χ4v) is 3.21. The van der Waals surface area contributed by atoms with Crippen LogP contribution in [0.1, 0.15) is 37.8 Å². The van der Waals surface area contributed by atoms with Crippen LogP contribution in [0.5, 0.6) is 5.75 Å². The lowest BCUT2D eigenvalue weighted by atomic mass is 9.92. The number of benzene rings is 2. The first-order valence-electron chi connectivity index (χ1n) is 7.92. The Hall–Kier alpha value is -1.80. The maximum Gasteiger partial charge on any atom is 0.132 e. The summed E-state index contributed by atoms with van der Waals surface area (Å²) in [5.41, 5.74) is 3.76. The highest BCUT2D eigenvalue weighted by atomic mass is 16.5. The van der Waals surface area contributed by atoms with Crippen LogP contribution in [-0.2, 0) is 0 Å². The van der Waals surface area contributed by atoms with Gasteiger partial charge in [-0.2, -0.15) is 0 Å². The van der Waals surface area contributed by atoms with E-state index in [1.54, 1.807) is 0 Å². The van der Waals surface area contributed by atoms with Gasteiger partial charge in [-0.15, -0.1) is 0 Å². The normalized spacial score (nSPS) is 24.2. The summed E-state index contributed by atoms with van der Waals surface area (Å²) in [6.07, 6.45) is 3.96. The van der Waals surface area contributed by atoms with Gasteiger partial charge < -0.3 is 10.1 Å². The molecule has 0 aromatic heterocycles. The Morgan fingerprint density at radius 1 is 1.00 bits per heavy atom. The Kier molecular flexibility index (Phi) is 3.19. The van der Waals surface area contributed by atoms with Gasteiger partial charge in [0.05, 0.1) is 6.10 Å². The molecular weight excluding hydrogens is 258 g/mol. The Morgan fingerprint density at radius 2 is 1.81 bits per heavy atom. The smallest absolute Gasteiger partial charge is 0.132 e. The van der Waals surface area contributed by atoms with Crippen LogP contribution in [0.4, 0.5) is 0 Å². The molecule has 1 aliphatic heterocycles. The molecule has 0 saturated heterocycles. The molecule has 1 heterocycles. The monoisotopic (exact) mass is 279 g/mol. The summed E-state index contributed by atoms with van der Waals surface area (Å²) < 4.78 is 6.21. The Bertz CT molecular complexity index is 633. The van der Waals surface area contributed by atoms with E-state index in [0.717, 1.165) is 12.2 Å². The van der Waals surface area contributed by atoms with Gasteiger partial charge in [-0.1, -0.05) is 48.5 Å². The zero-order chi connectivity index (χ0) is 14.2. The third kappa shape index (κ3) is 2.56. The number of hydrogen-bond donors (Lipinski definition) is 1. The van der Waals surface area contributed by atoms with Crippen LogP contribution < -0.4 is 10.1 Å². The zero-order valence-corrected chi connectivity index (χ0v) is 12.4. The molecule has 1 aliphatic carbocycles. The van der Waals surface area contributed by atoms with E-state index in [4.69, 9.17) is 4.74 Å². The molecule has 2 aromatic rings. The van der Waals surface area contributed by atoms with Crippen molar-refractivity contribution >= 4 is 0 Å². The van der Waals surface area contributed by atoms with Gasteiger partial charge in [-0.25, -0.2) is 0 Å². The molecule has 1 N–H and O–H groups in total. The molecule has 2 atom stereocenters. The van der Waals surface area contributed by atoms with Crippen LogP contribution in [-0.4, -0.2) is 12.1 Å². The average molecular weight is 279 g/mol. The summed E-state index contributed by atoms with van der Waals surface area (Å²) in [5.74, 6) is 1.07. The van der Waals surface area contributed by atoms with Crippen molar-refractivity contribution in [3.8, 4) is 16.9 Å². The first kappa shape index (κ1) is 12.9. The molecule has 108 valence electrons. The molecule has 0 bridgehead atoms. The fourth-order valence-electron chi connectivity index (χ4n) is 3.21. The van der Waals surface area contributed by atoms with Crippen molar-refractivity contribution in [3.63, 3.8) is 0 Å². The molecule has 0 radical (unpaired) electrons. The molecule has 1 fully saturated rings. The number of hydrogen-bond acceptors (Lipinski definition) is 2. The molecule has 2 heteroatoms. The quantitative estimate of drug-likeness (QED) is 0.903. The fraction of sp³-hybridized carbons (Fsp3) is 0.368. The summed E-state index contributed by atoms with van der Waals surface area (Å²) in [4.78, 5) is 0. The van der Waals surface area contributed by atoms with Gasteiger partial charge in [0.15, 0.2) is 0 Å². The minimum atomic E-state index is 0.263. The first-order valence-corrected chi connectivity index (χ1v) is 7.92. The second-order valence-electron chi connectivity index (χ2n) is 6.25. The standard InChI is InChI=1S/C19H21NO/c1-13-12-18(20-15-10-11-15)17-9-5-8-16(19(17)21-13)14-6-3-2-4-7-14/h2-9,13,15,18,20H,10-12H2,1H3. The van der Waals surface area contributed by atoms with Crippen molar-refractivity contribution in [2.45, 2.75) is 44.4 Å². The van der Waals surface area contributed by atoms with E-state index < -0.39 is 0 Å². The van der Waals surface area contributed by atoms with Gasteiger partial charge in [0.2, 0.25) is 0 Å². The van der Waals surface area contributed by atoms with Crippen molar-refractivity contribution in [1.82, 2.24) is 5.32 Å². The number of nitrogens with one attached hydrogen (secondary N) is 1. The number of ether oxygens (including phenoxy) is 1. The van der Waals surface area contributed by atoms with E-state index in [2.05, 4.69) is 60.8 Å². The van der Waals surface area contributed by atoms with Crippen LogP contribution in [0.15, 0.2) is 48.5 Å². The highest BCUT2D eigenvalue weighted by Gasteiger charge is 2.32. The molecule has 2 nitrogen and oxygen atoms in total. The second kappa shape index (κ2) is 5.19. The van der Waals surface area contributed by atoms with Gasteiger partial charge in [0, 0.05) is 29.6 Å². The largest absolute Gasteiger partial charge is 0.490 e. The predicted molar refractivity (Wildman–Crippen MR) is 85.5 cm³/mol. The van der Waals surface area contributed by atoms with Crippen LogP contribution in [0.3, 0.4) is 0 Å². The molecule has 1 saturated carbocycles. The van der Waals surface area contributed by atoms with E-state index in [1.807, 2.05) is 0 Å². The minimum absolute atomic E-state index is 0.263. The molecular formula is C19H21NO. The first-order chi connectivity index (χ1) is 10.3. The highest BCUT2D eigenvalue weighted by Crippen LogP contribution is 2.42. The molecule has 2 aliphatic rings. The lowest BCUT2D eigenvalue weighted by Gasteiger charge is -2.32. The summed E-state index contributed by atoms with van der Waals surface area (Å²) in [7, 11) is 0. The summed E-state index contributed by atoms with van der Waals surface area (Å²) >= 11 is 0. The van der Waals surface area contributed by atoms with Gasteiger partial charge in [-0.05, 0) is 25.3 Å². The van der Waals surface area contributed by atoms with Crippen molar-refractivity contribution in [1.29, 1.82) is 0 Å². The van der Waals surface area contributed by atoms with Crippen LogP contribution in [0.2, 0.25) is 0 Å². The lowest BCUT2D eigenvalue weighted by Crippen LogP contribution is -2.32. The maximum absolute atomic E-state index is 6.21. The van der Waals surface area contributed by atoms with Crippen LogP contribution >= 0.6 is 0 Å². The minimum Gasteiger partial charge on any atom is -0.490 e. The Morgan fingerprint density at radius 3 is 2.57 bits per heavy atom. The molecule has 21 heavy (non-hydrogen) atoms. The summed E-state index contributed by atoms with van der Waals surface area (Å²) in [6, 6.07) is 18.2. The summed E-state index contributed by atoms with van der Waals surface area (Å²) in [5, 5.41) is 3.78. The average Bonchev–Trinajstić information content (AvgIpc) is 3.31. The van der Waals surface area contributed by atoms with Crippen molar-refractivity contribution < 1.29 is 4.74 Å². The van der Waals surface area contributed by atoms with E-state index >= 15 is 0 Å². The van der Waals surface area contributed by atoms with Crippen molar-refractivity contribution in [2.75, 3.05) is 0 Å². The third-order valence-corrected chi connectivity index (χ3v) is 4.41. The van der Waals surface area contributed by atoms with Gasteiger partial charge >= 0.3 is 0 Å². The number of fused-ring (bicyclic) bond motifs is 1. The predicted octanol–water partition coefficient (Wildman–Crippen LogP) is 4.32. The van der Waals surface area contributed by atoms with Gasteiger partial charge in [0.1, 0.15) is 5.75 Å². The second-order valence-corrected chi connectivity index (χ2v) is 6.25. The highest BCUT2D eigenvalue weighted by molar-refractivity contribution is 5.72. The van der Waals surface area contributed by atoms with E-state index in [0.29, 0.717) is 12.1 Å². The molecule has 4 rings (SSSR count). The third-order valence-electron chi connectivity index (χ3n) is 4.41.